The fourth-order valence-corrected chi connectivity index (χ4v) is 1.76. The fraction of sp³-hybridized carbons (Fsp3) is 0.0833. The summed E-state index contributed by atoms with van der Waals surface area (Å²) >= 11 is 11.8. The van der Waals surface area contributed by atoms with Crippen molar-refractivity contribution in [3.63, 3.8) is 0 Å². The molecule has 0 radical (unpaired) electrons. The lowest BCUT2D eigenvalue weighted by Crippen LogP contribution is -2.17. The number of amides is 1. The number of halogens is 2. The average molecular weight is 269 g/mol. The lowest BCUT2D eigenvalue weighted by Gasteiger charge is -2.08. The second-order valence-electron chi connectivity index (χ2n) is 3.53. The van der Waals surface area contributed by atoms with E-state index >= 15 is 0 Å². The Balaban J connectivity index is 2.05. The van der Waals surface area contributed by atoms with E-state index in [1.54, 1.807) is 22.8 Å². The normalized spacial score (nSPS) is 10.2. The summed E-state index contributed by atoms with van der Waals surface area (Å²) in [7, 11) is 0. The maximum atomic E-state index is 11.7. The van der Waals surface area contributed by atoms with Gasteiger partial charge < -0.3 is 9.88 Å². The molecule has 2 rings (SSSR count). The zero-order chi connectivity index (χ0) is 12.3. The van der Waals surface area contributed by atoms with E-state index in [1.807, 2.05) is 24.5 Å². The van der Waals surface area contributed by atoms with Crippen molar-refractivity contribution >= 4 is 34.8 Å². The first kappa shape index (κ1) is 12.0. The van der Waals surface area contributed by atoms with Crippen molar-refractivity contribution in [2.75, 3.05) is 5.32 Å². The Morgan fingerprint density at radius 2 is 1.94 bits per heavy atom. The van der Waals surface area contributed by atoms with Crippen LogP contribution in [-0.2, 0) is 11.3 Å². The number of carbonyl (C=O) groups is 1. The SMILES string of the molecule is O=C(Cn1cccc1)Nc1cc(Cl)ccc1Cl. The molecule has 5 heteroatoms. The van der Waals surface area contributed by atoms with E-state index in [2.05, 4.69) is 5.32 Å². The van der Waals surface area contributed by atoms with Gasteiger partial charge in [0.05, 0.1) is 10.7 Å². The molecular weight excluding hydrogens is 259 g/mol. The van der Waals surface area contributed by atoms with Gasteiger partial charge in [-0.05, 0) is 30.3 Å². The zero-order valence-corrected chi connectivity index (χ0v) is 10.4. The van der Waals surface area contributed by atoms with Crippen molar-refractivity contribution in [1.82, 2.24) is 4.57 Å². The summed E-state index contributed by atoms with van der Waals surface area (Å²) in [5.41, 5.74) is 0.524. The molecule has 0 fully saturated rings. The lowest BCUT2D eigenvalue weighted by molar-refractivity contribution is -0.116. The van der Waals surface area contributed by atoms with E-state index in [0.29, 0.717) is 15.7 Å². The predicted octanol–water partition coefficient (Wildman–Crippen LogP) is 3.43. The molecular formula is C12H10Cl2N2O. The Labute approximate surface area is 109 Å². The molecule has 0 saturated heterocycles. The zero-order valence-electron chi connectivity index (χ0n) is 8.86. The van der Waals surface area contributed by atoms with Crippen molar-refractivity contribution in [2.45, 2.75) is 6.54 Å². The summed E-state index contributed by atoms with van der Waals surface area (Å²) < 4.78 is 1.77. The minimum atomic E-state index is -0.148. The Kier molecular flexibility index (Phi) is 3.71. The molecule has 0 aliphatic carbocycles. The number of hydrogen-bond acceptors (Lipinski definition) is 1. The van der Waals surface area contributed by atoms with Crippen LogP contribution < -0.4 is 5.32 Å². The lowest BCUT2D eigenvalue weighted by atomic mass is 10.3. The van der Waals surface area contributed by atoms with Crippen molar-refractivity contribution in [3.8, 4) is 0 Å². The highest BCUT2D eigenvalue weighted by Crippen LogP contribution is 2.25. The van der Waals surface area contributed by atoms with Gasteiger partial charge in [0.1, 0.15) is 6.54 Å². The summed E-state index contributed by atoms with van der Waals surface area (Å²) in [6.07, 6.45) is 3.64. The standard InChI is InChI=1S/C12H10Cl2N2O/c13-9-3-4-10(14)11(7-9)15-12(17)8-16-5-1-2-6-16/h1-7H,8H2,(H,15,17). The molecule has 1 heterocycles. The Bertz CT molecular complexity index is 523. The molecule has 0 unspecified atom stereocenters. The topological polar surface area (TPSA) is 34.0 Å². The summed E-state index contributed by atoms with van der Waals surface area (Å²) in [6.45, 7) is 0.246. The van der Waals surface area contributed by atoms with Gasteiger partial charge in [-0.15, -0.1) is 0 Å². The number of rotatable bonds is 3. The van der Waals surface area contributed by atoms with Gasteiger partial charge in [0.15, 0.2) is 0 Å². The fourth-order valence-electron chi connectivity index (χ4n) is 1.42. The van der Waals surface area contributed by atoms with Gasteiger partial charge >= 0.3 is 0 Å². The first-order valence-corrected chi connectivity index (χ1v) is 5.76. The predicted molar refractivity (Wildman–Crippen MR) is 69.5 cm³/mol. The van der Waals surface area contributed by atoms with E-state index in [-0.39, 0.29) is 12.5 Å². The molecule has 0 atom stereocenters. The van der Waals surface area contributed by atoms with Crippen LogP contribution >= 0.6 is 23.2 Å². The quantitative estimate of drug-likeness (QED) is 0.909. The number of carbonyl (C=O) groups excluding carboxylic acids is 1. The van der Waals surface area contributed by atoms with Gasteiger partial charge in [-0.1, -0.05) is 23.2 Å². The third-order valence-electron chi connectivity index (χ3n) is 2.19. The number of nitrogens with one attached hydrogen (secondary N) is 1. The minimum Gasteiger partial charge on any atom is -0.345 e. The van der Waals surface area contributed by atoms with Gasteiger partial charge in [-0.2, -0.15) is 0 Å². The van der Waals surface area contributed by atoms with Crippen LogP contribution in [0.1, 0.15) is 0 Å². The van der Waals surface area contributed by atoms with Crippen molar-refractivity contribution in [2.24, 2.45) is 0 Å². The van der Waals surface area contributed by atoms with E-state index < -0.39 is 0 Å². The van der Waals surface area contributed by atoms with Crippen molar-refractivity contribution < 1.29 is 4.79 Å². The van der Waals surface area contributed by atoms with Crippen LogP contribution in [0.3, 0.4) is 0 Å². The Hall–Kier alpha value is -1.45. The highest BCUT2D eigenvalue weighted by atomic mass is 35.5. The molecule has 0 saturated carbocycles. The Morgan fingerprint density at radius 3 is 2.65 bits per heavy atom. The molecule has 0 bridgehead atoms. The highest BCUT2D eigenvalue weighted by Gasteiger charge is 2.06. The second-order valence-corrected chi connectivity index (χ2v) is 4.37. The smallest absolute Gasteiger partial charge is 0.244 e. The number of benzene rings is 1. The molecule has 2 aromatic rings. The molecule has 1 N–H and O–H groups in total. The van der Waals surface area contributed by atoms with Crippen LogP contribution in [0.15, 0.2) is 42.7 Å². The minimum absolute atomic E-state index is 0.148. The molecule has 0 spiro atoms. The summed E-state index contributed by atoms with van der Waals surface area (Å²) in [5, 5.41) is 3.71. The Morgan fingerprint density at radius 1 is 1.24 bits per heavy atom. The van der Waals surface area contributed by atoms with Gasteiger partial charge in [0, 0.05) is 17.4 Å². The van der Waals surface area contributed by atoms with Gasteiger partial charge in [0.25, 0.3) is 0 Å². The third kappa shape index (κ3) is 3.25. The van der Waals surface area contributed by atoms with E-state index in [9.17, 15) is 4.79 Å². The first-order valence-electron chi connectivity index (χ1n) is 5.01. The molecule has 1 amide bonds. The monoisotopic (exact) mass is 268 g/mol. The summed E-state index contributed by atoms with van der Waals surface area (Å²) in [6, 6.07) is 8.66. The number of anilines is 1. The molecule has 3 nitrogen and oxygen atoms in total. The summed E-state index contributed by atoms with van der Waals surface area (Å²) in [5.74, 6) is -0.148. The number of nitrogens with zero attached hydrogens (tertiary/aromatic N) is 1. The van der Waals surface area contributed by atoms with Crippen LogP contribution in [0.2, 0.25) is 10.0 Å². The first-order chi connectivity index (χ1) is 8.15. The van der Waals surface area contributed by atoms with Gasteiger partial charge in [-0.25, -0.2) is 0 Å². The second kappa shape index (κ2) is 5.25. The van der Waals surface area contributed by atoms with Crippen LogP contribution in [-0.4, -0.2) is 10.5 Å². The molecule has 88 valence electrons. The summed E-state index contributed by atoms with van der Waals surface area (Å²) in [4.78, 5) is 11.7. The van der Waals surface area contributed by atoms with E-state index in [1.165, 1.54) is 0 Å². The van der Waals surface area contributed by atoms with Crippen LogP contribution in [0.4, 0.5) is 5.69 Å². The van der Waals surface area contributed by atoms with Crippen molar-refractivity contribution in [1.29, 1.82) is 0 Å². The third-order valence-corrected chi connectivity index (χ3v) is 2.76. The maximum Gasteiger partial charge on any atom is 0.244 e. The molecule has 17 heavy (non-hydrogen) atoms. The molecule has 1 aromatic carbocycles. The van der Waals surface area contributed by atoms with Crippen LogP contribution in [0, 0.1) is 0 Å². The van der Waals surface area contributed by atoms with Crippen LogP contribution in [0.25, 0.3) is 0 Å². The number of hydrogen-bond donors (Lipinski definition) is 1. The molecule has 0 aliphatic heterocycles. The van der Waals surface area contributed by atoms with Crippen LogP contribution in [0.5, 0.6) is 0 Å². The number of aromatic nitrogens is 1. The molecule has 1 aromatic heterocycles. The average Bonchev–Trinajstić information content (AvgIpc) is 2.76. The van der Waals surface area contributed by atoms with Gasteiger partial charge in [0.2, 0.25) is 5.91 Å². The van der Waals surface area contributed by atoms with E-state index in [4.69, 9.17) is 23.2 Å². The van der Waals surface area contributed by atoms with Crippen molar-refractivity contribution in [3.05, 3.63) is 52.8 Å². The maximum absolute atomic E-state index is 11.7. The molecule has 0 aliphatic rings. The largest absolute Gasteiger partial charge is 0.345 e. The van der Waals surface area contributed by atoms with E-state index in [0.717, 1.165) is 0 Å². The van der Waals surface area contributed by atoms with Gasteiger partial charge in [-0.3, -0.25) is 4.79 Å². The highest BCUT2D eigenvalue weighted by molar-refractivity contribution is 6.35.